The first-order valence-electron chi connectivity index (χ1n) is 7.57. The van der Waals surface area contributed by atoms with E-state index in [4.69, 9.17) is 0 Å². The van der Waals surface area contributed by atoms with Gasteiger partial charge < -0.3 is 10.2 Å². The average Bonchev–Trinajstić information content (AvgIpc) is 3.08. The van der Waals surface area contributed by atoms with Crippen LogP contribution in [0.25, 0.3) is 0 Å². The Morgan fingerprint density at radius 2 is 1.81 bits per heavy atom. The van der Waals surface area contributed by atoms with Gasteiger partial charge in [0, 0.05) is 35.9 Å². The van der Waals surface area contributed by atoms with Crippen LogP contribution in [0.3, 0.4) is 0 Å². The molecule has 1 N–H and O–H groups in total. The molecule has 0 aliphatic carbocycles. The summed E-state index contributed by atoms with van der Waals surface area (Å²) >= 11 is 1.78. The molecule has 3 rings (SSSR count). The SMILES string of the molecule is CSc1cccc(NCc2ccc(N3CCCC3)cc2)c1. The number of nitrogens with one attached hydrogen (secondary N) is 1. The maximum atomic E-state index is 3.50. The largest absolute Gasteiger partial charge is 0.381 e. The van der Waals surface area contributed by atoms with Gasteiger partial charge in [-0.3, -0.25) is 0 Å². The molecule has 0 bridgehead atoms. The van der Waals surface area contributed by atoms with E-state index < -0.39 is 0 Å². The zero-order valence-electron chi connectivity index (χ0n) is 12.5. The standard InChI is InChI=1S/C18H22N2S/c1-21-18-6-4-5-16(13-18)19-14-15-7-9-17(10-8-15)20-11-2-3-12-20/h4-10,13,19H,2-3,11-12,14H2,1H3. The number of anilines is 2. The van der Waals surface area contributed by atoms with Crippen molar-refractivity contribution >= 4 is 23.1 Å². The van der Waals surface area contributed by atoms with Gasteiger partial charge in [-0.25, -0.2) is 0 Å². The van der Waals surface area contributed by atoms with Crippen LogP contribution in [0.4, 0.5) is 11.4 Å². The van der Waals surface area contributed by atoms with E-state index in [1.807, 2.05) is 0 Å². The molecule has 1 saturated heterocycles. The normalized spacial score (nSPS) is 14.4. The maximum absolute atomic E-state index is 3.50. The highest BCUT2D eigenvalue weighted by molar-refractivity contribution is 7.98. The van der Waals surface area contributed by atoms with E-state index in [-0.39, 0.29) is 0 Å². The fourth-order valence-electron chi connectivity index (χ4n) is 2.74. The molecule has 1 heterocycles. The predicted octanol–water partition coefficient (Wildman–Crippen LogP) is 4.62. The number of nitrogens with zero attached hydrogens (tertiary/aromatic N) is 1. The molecule has 0 unspecified atom stereocenters. The van der Waals surface area contributed by atoms with Crippen LogP contribution in [0.1, 0.15) is 18.4 Å². The monoisotopic (exact) mass is 298 g/mol. The predicted molar refractivity (Wildman–Crippen MR) is 93.4 cm³/mol. The van der Waals surface area contributed by atoms with Gasteiger partial charge in [-0.15, -0.1) is 11.8 Å². The molecule has 0 aromatic heterocycles. The maximum Gasteiger partial charge on any atom is 0.0400 e. The molecule has 110 valence electrons. The van der Waals surface area contributed by atoms with Crippen molar-refractivity contribution in [2.24, 2.45) is 0 Å². The quantitative estimate of drug-likeness (QED) is 0.811. The summed E-state index contributed by atoms with van der Waals surface area (Å²) in [6.07, 6.45) is 4.76. The Hall–Kier alpha value is -1.61. The molecule has 1 aliphatic heterocycles. The molecule has 2 aromatic carbocycles. The lowest BCUT2D eigenvalue weighted by molar-refractivity contribution is 0.949. The Kier molecular flexibility index (Phi) is 4.71. The molecule has 2 aromatic rings. The lowest BCUT2D eigenvalue weighted by Gasteiger charge is -2.17. The van der Waals surface area contributed by atoms with Gasteiger partial charge in [-0.2, -0.15) is 0 Å². The zero-order chi connectivity index (χ0) is 14.5. The smallest absolute Gasteiger partial charge is 0.0400 e. The van der Waals surface area contributed by atoms with E-state index in [0.717, 1.165) is 6.54 Å². The lowest BCUT2D eigenvalue weighted by Crippen LogP contribution is -2.17. The van der Waals surface area contributed by atoms with Crippen molar-refractivity contribution in [3.05, 3.63) is 54.1 Å². The van der Waals surface area contributed by atoms with E-state index in [1.54, 1.807) is 11.8 Å². The minimum Gasteiger partial charge on any atom is -0.381 e. The minimum atomic E-state index is 0.873. The second-order valence-corrected chi connectivity index (χ2v) is 6.33. The molecule has 0 saturated carbocycles. The Balaban J connectivity index is 1.59. The third-order valence-corrected chi connectivity index (χ3v) is 4.70. The third-order valence-electron chi connectivity index (χ3n) is 3.97. The van der Waals surface area contributed by atoms with Gasteiger partial charge in [0.15, 0.2) is 0 Å². The lowest BCUT2D eigenvalue weighted by atomic mass is 10.2. The average molecular weight is 298 g/mol. The van der Waals surface area contributed by atoms with Crippen LogP contribution >= 0.6 is 11.8 Å². The number of rotatable bonds is 5. The van der Waals surface area contributed by atoms with Gasteiger partial charge in [-0.1, -0.05) is 18.2 Å². The molecule has 1 fully saturated rings. The summed E-state index contributed by atoms with van der Waals surface area (Å²) in [6.45, 7) is 3.29. The summed E-state index contributed by atoms with van der Waals surface area (Å²) in [5, 5.41) is 3.50. The first kappa shape index (κ1) is 14.3. The topological polar surface area (TPSA) is 15.3 Å². The summed E-state index contributed by atoms with van der Waals surface area (Å²) in [7, 11) is 0. The van der Waals surface area contributed by atoms with Gasteiger partial charge in [0.1, 0.15) is 0 Å². The number of benzene rings is 2. The summed E-state index contributed by atoms with van der Waals surface area (Å²) < 4.78 is 0. The molecule has 21 heavy (non-hydrogen) atoms. The second-order valence-electron chi connectivity index (χ2n) is 5.45. The fourth-order valence-corrected chi connectivity index (χ4v) is 3.20. The van der Waals surface area contributed by atoms with Crippen LogP contribution in [0.5, 0.6) is 0 Å². The molecular formula is C18H22N2S. The van der Waals surface area contributed by atoms with Crippen molar-refractivity contribution < 1.29 is 0 Å². The molecule has 1 aliphatic rings. The second kappa shape index (κ2) is 6.90. The number of hydrogen-bond acceptors (Lipinski definition) is 3. The zero-order valence-corrected chi connectivity index (χ0v) is 13.3. The third kappa shape index (κ3) is 3.73. The van der Waals surface area contributed by atoms with Crippen molar-refractivity contribution in [1.82, 2.24) is 0 Å². The van der Waals surface area contributed by atoms with Crippen molar-refractivity contribution in [3.8, 4) is 0 Å². The van der Waals surface area contributed by atoms with Crippen LogP contribution in [-0.4, -0.2) is 19.3 Å². The van der Waals surface area contributed by atoms with E-state index in [0.29, 0.717) is 0 Å². The Morgan fingerprint density at radius 3 is 2.52 bits per heavy atom. The molecule has 0 atom stereocenters. The molecule has 0 radical (unpaired) electrons. The molecule has 3 heteroatoms. The van der Waals surface area contributed by atoms with Crippen LogP contribution in [0, 0.1) is 0 Å². The molecule has 0 spiro atoms. The van der Waals surface area contributed by atoms with Gasteiger partial charge in [0.05, 0.1) is 0 Å². The van der Waals surface area contributed by atoms with Crippen LogP contribution in [-0.2, 0) is 6.54 Å². The van der Waals surface area contributed by atoms with Crippen molar-refractivity contribution in [1.29, 1.82) is 0 Å². The Bertz CT molecular complexity index is 574. The summed E-state index contributed by atoms with van der Waals surface area (Å²) in [5.74, 6) is 0. The van der Waals surface area contributed by atoms with E-state index in [2.05, 4.69) is 65.0 Å². The first-order valence-corrected chi connectivity index (χ1v) is 8.79. The molecular weight excluding hydrogens is 276 g/mol. The van der Waals surface area contributed by atoms with Gasteiger partial charge in [0.2, 0.25) is 0 Å². The van der Waals surface area contributed by atoms with E-state index in [9.17, 15) is 0 Å². The summed E-state index contributed by atoms with van der Waals surface area (Å²) in [4.78, 5) is 3.77. The molecule has 0 amide bonds. The molecule has 2 nitrogen and oxygen atoms in total. The fraction of sp³-hybridized carbons (Fsp3) is 0.333. The Morgan fingerprint density at radius 1 is 1.05 bits per heavy atom. The Labute approximate surface area is 131 Å². The highest BCUT2D eigenvalue weighted by atomic mass is 32.2. The van der Waals surface area contributed by atoms with Crippen molar-refractivity contribution in [2.45, 2.75) is 24.3 Å². The number of hydrogen-bond donors (Lipinski definition) is 1. The van der Waals surface area contributed by atoms with E-state index >= 15 is 0 Å². The van der Waals surface area contributed by atoms with Crippen molar-refractivity contribution in [3.63, 3.8) is 0 Å². The van der Waals surface area contributed by atoms with Gasteiger partial charge >= 0.3 is 0 Å². The van der Waals surface area contributed by atoms with Crippen LogP contribution < -0.4 is 10.2 Å². The first-order chi connectivity index (χ1) is 10.3. The van der Waals surface area contributed by atoms with Crippen LogP contribution in [0.15, 0.2) is 53.4 Å². The summed E-state index contributed by atoms with van der Waals surface area (Å²) in [6, 6.07) is 17.5. The highest BCUT2D eigenvalue weighted by Gasteiger charge is 2.11. The minimum absolute atomic E-state index is 0.873. The van der Waals surface area contributed by atoms with Gasteiger partial charge in [-0.05, 0) is 55.0 Å². The highest BCUT2D eigenvalue weighted by Crippen LogP contribution is 2.22. The van der Waals surface area contributed by atoms with Gasteiger partial charge in [0.25, 0.3) is 0 Å². The van der Waals surface area contributed by atoms with Crippen LogP contribution in [0.2, 0.25) is 0 Å². The summed E-state index contributed by atoms with van der Waals surface area (Å²) in [5.41, 5.74) is 3.87. The number of thioether (sulfide) groups is 1. The van der Waals surface area contributed by atoms with E-state index in [1.165, 1.54) is 47.8 Å². The van der Waals surface area contributed by atoms with Crippen molar-refractivity contribution in [2.75, 3.05) is 29.6 Å².